The van der Waals surface area contributed by atoms with Gasteiger partial charge in [-0.15, -0.1) is 0 Å². The molecule has 1 spiro atoms. The van der Waals surface area contributed by atoms with Crippen molar-refractivity contribution in [3.05, 3.63) is 11.6 Å². The third-order valence-electron chi connectivity index (χ3n) is 5.96. The number of esters is 1. The predicted octanol–water partition coefficient (Wildman–Crippen LogP) is 1.42. The molecule has 2 aliphatic carbocycles. The molecule has 4 nitrogen and oxygen atoms in total. The second-order valence-electron chi connectivity index (χ2n) is 6.85. The average molecular weight is 264 g/mol. The van der Waals surface area contributed by atoms with Crippen LogP contribution in [0.4, 0.5) is 0 Å². The fourth-order valence-electron chi connectivity index (χ4n) is 4.82. The number of carbonyl (C=O) groups is 1. The van der Waals surface area contributed by atoms with E-state index in [4.69, 9.17) is 9.47 Å². The zero-order valence-electron chi connectivity index (χ0n) is 11.6. The van der Waals surface area contributed by atoms with Crippen molar-refractivity contribution in [3.63, 3.8) is 0 Å². The summed E-state index contributed by atoms with van der Waals surface area (Å²) in [5.41, 5.74) is 0.304. The lowest BCUT2D eigenvalue weighted by molar-refractivity contribution is -0.146. The van der Waals surface area contributed by atoms with E-state index >= 15 is 0 Å². The Balaban J connectivity index is 1.81. The van der Waals surface area contributed by atoms with E-state index < -0.39 is 11.7 Å². The molecule has 0 amide bonds. The molecule has 104 valence electrons. The minimum absolute atomic E-state index is 0.0221. The molecule has 1 N–H and O–H groups in total. The van der Waals surface area contributed by atoms with Gasteiger partial charge >= 0.3 is 5.97 Å². The molecule has 5 unspecified atom stereocenters. The molecule has 1 saturated carbocycles. The van der Waals surface area contributed by atoms with Crippen molar-refractivity contribution in [1.29, 1.82) is 0 Å². The highest BCUT2D eigenvalue weighted by molar-refractivity contribution is 5.75. The van der Waals surface area contributed by atoms with Crippen LogP contribution < -0.4 is 0 Å². The van der Waals surface area contributed by atoms with Crippen molar-refractivity contribution < 1.29 is 19.4 Å². The van der Waals surface area contributed by atoms with E-state index in [2.05, 4.69) is 6.92 Å². The van der Waals surface area contributed by atoms with Crippen molar-refractivity contribution in [3.8, 4) is 0 Å². The molecule has 4 rings (SSSR count). The molecule has 0 bridgehead atoms. The lowest BCUT2D eigenvalue weighted by Crippen LogP contribution is -2.43. The molecule has 2 heterocycles. The van der Waals surface area contributed by atoms with E-state index in [-0.39, 0.29) is 35.4 Å². The van der Waals surface area contributed by atoms with Crippen LogP contribution in [0.5, 0.6) is 0 Å². The van der Waals surface area contributed by atoms with Crippen molar-refractivity contribution in [1.82, 2.24) is 0 Å². The Morgan fingerprint density at radius 3 is 2.95 bits per heavy atom. The summed E-state index contributed by atoms with van der Waals surface area (Å²) in [5, 5.41) is 10.4. The van der Waals surface area contributed by atoms with Gasteiger partial charge < -0.3 is 14.6 Å². The van der Waals surface area contributed by atoms with Crippen molar-refractivity contribution in [2.45, 2.75) is 57.0 Å². The van der Waals surface area contributed by atoms with Gasteiger partial charge in [0.1, 0.15) is 17.8 Å². The Morgan fingerprint density at radius 2 is 2.21 bits per heavy atom. The summed E-state index contributed by atoms with van der Waals surface area (Å²) < 4.78 is 11.7. The van der Waals surface area contributed by atoms with Gasteiger partial charge in [-0.25, -0.2) is 0 Å². The van der Waals surface area contributed by atoms with Crippen LogP contribution in [0.3, 0.4) is 0 Å². The summed E-state index contributed by atoms with van der Waals surface area (Å²) in [4.78, 5) is 11.9. The van der Waals surface area contributed by atoms with Crippen LogP contribution in [0.25, 0.3) is 0 Å². The zero-order chi connectivity index (χ0) is 13.6. The van der Waals surface area contributed by atoms with Crippen molar-refractivity contribution >= 4 is 5.97 Å². The summed E-state index contributed by atoms with van der Waals surface area (Å²) in [6.45, 7) is 6.07. The maximum absolute atomic E-state index is 11.9. The van der Waals surface area contributed by atoms with Gasteiger partial charge in [-0.3, -0.25) is 4.79 Å². The Bertz CT molecular complexity index is 498. The van der Waals surface area contributed by atoms with E-state index in [1.807, 2.05) is 19.9 Å². The van der Waals surface area contributed by atoms with E-state index in [9.17, 15) is 9.90 Å². The molecule has 19 heavy (non-hydrogen) atoms. The molecular formula is C15H20O4. The van der Waals surface area contributed by atoms with E-state index in [1.54, 1.807) is 0 Å². The molecule has 2 saturated heterocycles. The zero-order valence-corrected chi connectivity index (χ0v) is 11.6. The van der Waals surface area contributed by atoms with E-state index in [0.717, 1.165) is 18.4 Å². The number of fused-ring (bicyclic) bond motifs is 2. The number of epoxide rings is 1. The maximum atomic E-state index is 11.9. The minimum Gasteiger partial charge on any atom is -0.461 e. The Kier molecular flexibility index (Phi) is 2.03. The first-order valence-electron chi connectivity index (χ1n) is 7.18. The number of hydrogen-bond acceptors (Lipinski definition) is 4. The quantitative estimate of drug-likeness (QED) is 0.408. The highest BCUT2D eigenvalue weighted by Gasteiger charge is 2.79. The number of ether oxygens (including phenoxy) is 2. The number of hydrogen-bond donors (Lipinski definition) is 1. The number of carbonyl (C=O) groups excluding carboxylic acids is 1. The van der Waals surface area contributed by atoms with Gasteiger partial charge in [0.15, 0.2) is 0 Å². The lowest BCUT2D eigenvalue weighted by Gasteiger charge is -2.28. The highest BCUT2D eigenvalue weighted by atomic mass is 16.6. The van der Waals surface area contributed by atoms with Crippen LogP contribution in [-0.2, 0) is 14.3 Å². The van der Waals surface area contributed by atoms with Crippen LogP contribution in [0.1, 0.15) is 33.6 Å². The van der Waals surface area contributed by atoms with E-state index in [0.29, 0.717) is 0 Å². The van der Waals surface area contributed by atoms with Gasteiger partial charge in [-0.2, -0.15) is 0 Å². The summed E-state index contributed by atoms with van der Waals surface area (Å²) in [5.74, 6) is 0.155. The van der Waals surface area contributed by atoms with Crippen molar-refractivity contribution in [2.75, 3.05) is 0 Å². The average Bonchev–Trinajstić information content (AvgIpc) is 2.77. The van der Waals surface area contributed by atoms with Gasteiger partial charge in [0.2, 0.25) is 0 Å². The third kappa shape index (κ3) is 1.16. The summed E-state index contributed by atoms with van der Waals surface area (Å²) in [6.07, 6.45) is 3.02. The lowest BCUT2D eigenvalue weighted by atomic mass is 9.77. The predicted molar refractivity (Wildman–Crippen MR) is 67.2 cm³/mol. The van der Waals surface area contributed by atoms with Crippen LogP contribution >= 0.6 is 0 Å². The topological polar surface area (TPSA) is 59.1 Å². The van der Waals surface area contributed by atoms with Gasteiger partial charge in [0.05, 0.1) is 17.4 Å². The van der Waals surface area contributed by atoms with Gasteiger partial charge in [-0.1, -0.05) is 18.6 Å². The van der Waals surface area contributed by atoms with Crippen molar-refractivity contribution in [2.24, 2.45) is 17.8 Å². The first-order valence-corrected chi connectivity index (χ1v) is 7.18. The molecule has 7 atom stereocenters. The Labute approximate surface area is 112 Å². The standard InChI is InChI=1S/C15H20O4/c1-7-6-10(16)15-11(7)12-9(8(2)13(17)18-12)4-5-14(15,3)19-15/h6,8-12,16H,4-5H2,1-3H3/t8?,9-,10?,11?,12-,14?,15?/m0/s1. The first-order chi connectivity index (χ1) is 8.91. The third-order valence-corrected chi connectivity index (χ3v) is 5.96. The van der Waals surface area contributed by atoms with Gasteiger partial charge in [0, 0.05) is 5.92 Å². The second-order valence-corrected chi connectivity index (χ2v) is 6.85. The highest BCUT2D eigenvalue weighted by Crippen LogP contribution is 2.67. The molecular weight excluding hydrogens is 244 g/mol. The first kappa shape index (κ1) is 11.9. The summed E-state index contributed by atoms with van der Waals surface area (Å²) in [6, 6.07) is 0. The Hall–Kier alpha value is -0.870. The molecule has 3 fully saturated rings. The molecule has 4 aliphatic rings. The molecule has 0 radical (unpaired) electrons. The van der Waals surface area contributed by atoms with Gasteiger partial charge in [-0.05, 0) is 26.7 Å². The smallest absolute Gasteiger partial charge is 0.309 e. The molecule has 0 aromatic heterocycles. The SMILES string of the molecule is CC1=CC(O)C23OC2(C)CC[C@H]2C(C)C(=O)O[C@@H]2C13. The normalized spacial score (nSPS) is 58.6. The van der Waals surface area contributed by atoms with E-state index in [1.165, 1.54) is 0 Å². The molecule has 2 aliphatic heterocycles. The molecule has 0 aromatic carbocycles. The minimum atomic E-state index is -0.573. The summed E-state index contributed by atoms with van der Waals surface area (Å²) in [7, 11) is 0. The number of aliphatic hydroxyl groups is 1. The fraction of sp³-hybridized carbons (Fsp3) is 0.800. The van der Waals surface area contributed by atoms with Crippen LogP contribution in [-0.4, -0.2) is 34.5 Å². The van der Waals surface area contributed by atoms with Crippen LogP contribution in [0.15, 0.2) is 11.6 Å². The Morgan fingerprint density at radius 1 is 1.47 bits per heavy atom. The largest absolute Gasteiger partial charge is 0.461 e. The monoisotopic (exact) mass is 264 g/mol. The summed E-state index contributed by atoms with van der Waals surface area (Å²) >= 11 is 0. The second kappa shape index (κ2) is 3.23. The number of aliphatic hydroxyl groups excluding tert-OH is 1. The molecule has 4 heteroatoms. The van der Waals surface area contributed by atoms with Gasteiger partial charge in [0.25, 0.3) is 0 Å². The maximum Gasteiger partial charge on any atom is 0.309 e. The number of rotatable bonds is 0. The van der Waals surface area contributed by atoms with Crippen LogP contribution in [0.2, 0.25) is 0 Å². The van der Waals surface area contributed by atoms with Crippen LogP contribution in [0, 0.1) is 17.8 Å². The fourth-order valence-corrected chi connectivity index (χ4v) is 4.82. The molecule has 0 aromatic rings.